The first kappa shape index (κ1) is 18.1. The molecule has 0 radical (unpaired) electrons. The Hall–Kier alpha value is -3.31. The molecule has 0 unspecified atom stereocenters. The van der Waals surface area contributed by atoms with E-state index in [0.29, 0.717) is 16.6 Å². The van der Waals surface area contributed by atoms with Crippen LogP contribution in [0.25, 0.3) is 22.4 Å². The molecule has 0 aliphatic heterocycles. The number of amides is 1. The van der Waals surface area contributed by atoms with Crippen molar-refractivity contribution in [3.05, 3.63) is 77.3 Å². The SMILES string of the molecule is Cc1ccc(NC(=O)COc2cccc(-c3nc4ccc(Cl)cc4[nH]3)c2)cc1. The molecule has 4 aromatic rings. The van der Waals surface area contributed by atoms with Gasteiger partial charge in [-0.3, -0.25) is 4.79 Å². The summed E-state index contributed by atoms with van der Waals surface area (Å²) in [5.74, 6) is 1.09. The van der Waals surface area contributed by atoms with Crippen LogP contribution >= 0.6 is 11.6 Å². The Bertz CT molecular complexity index is 1140. The van der Waals surface area contributed by atoms with Crippen LogP contribution in [0.15, 0.2) is 66.7 Å². The average Bonchev–Trinajstić information content (AvgIpc) is 3.12. The van der Waals surface area contributed by atoms with Crippen LogP contribution in [0.4, 0.5) is 5.69 Å². The molecule has 28 heavy (non-hydrogen) atoms. The number of aryl methyl sites for hydroxylation is 1. The normalized spacial score (nSPS) is 10.8. The van der Waals surface area contributed by atoms with Crippen LogP contribution in [0, 0.1) is 6.92 Å². The Kier molecular flexibility index (Phi) is 5.00. The second kappa shape index (κ2) is 7.74. The van der Waals surface area contributed by atoms with E-state index < -0.39 is 0 Å². The molecule has 0 saturated heterocycles. The monoisotopic (exact) mass is 391 g/mol. The minimum Gasteiger partial charge on any atom is -0.484 e. The van der Waals surface area contributed by atoms with Crippen molar-refractivity contribution in [2.45, 2.75) is 6.92 Å². The maximum Gasteiger partial charge on any atom is 0.262 e. The minimum absolute atomic E-state index is 0.0763. The number of benzene rings is 3. The number of nitrogens with zero attached hydrogens (tertiary/aromatic N) is 1. The van der Waals surface area contributed by atoms with E-state index in [0.717, 1.165) is 27.8 Å². The number of anilines is 1. The van der Waals surface area contributed by atoms with Gasteiger partial charge in [-0.25, -0.2) is 4.98 Å². The number of ether oxygens (including phenoxy) is 1. The Balaban J connectivity index is 1.44. The summed E-state index contributed by atoms with van der Waals surface area (Å²) in [7, 11) is 0. The molecule has 0 aliphatic rings. The van der Waals surface area contributed by atoms with Crippen LogP contribution in [0.2, 0.25) is 5.02 Å². The highest BCUT2D eigenvalue weighted by molar-refractivity contribution is 6.31. The van der Waals surface area contributed by atoms with Gasteiger partial charge in [0.15, 0.2) is 6.61 Å². The topological polar surface area (TPSA) is 67.0 Å². The van der Waals surface area contributed by atoms with Crippen LogP contribution in [0.3, 0.4) is 0 Å². The van der Waals surface area contributed by atoms with Gasteiger partial charge >= 0.3 is 0 Å². The van der Waals surface area contributed by atoms with Crippen molar-refractivity contribution in [2.24, 2.45) is 0 Å². The first-order chi connectivity index (χ1) is 13.6. The second-order valence-corrected chi connectivity index (χ2v) is 6.91. The quantitative estimate of drug-likeness (QED) is 0.490. The molecule has 4 rings (SSSR count). The van der Waals surface area contributed by atoms with E-state index in [4.69, 9.17) is 16.3 Å². The van der Waals surface area contributed by atoms with Gasteiger partial charge in [0.2, 0.25) is 0 Å². The van der Waals surface area contributed by atoms with Crippen molar-refractivity contribution >= 4 is 34.2 Å². The number of halogens is 1. The number of carbonyl (C=O) groups excluding carboxylic acids is 1. The van der Waals surface area contributed by atoms with E-state index in [1.54, 1.807) is 6.07 Å². The number of H-pyrrole nitrogens is 1. The molecule has 140 valence electrons. The van der Waals surface area contributed by atoms with E-state index in [2.05, 4.69) is 15.3 Å². The van der Waals surface area contributed by atoms with Gasteiger partial charge in [-0.15, -0.1) is 0 Å². The zero-order valence-corrected chi connectivity index (χ0v) is 16.0. The molecule has 1 amide bonds. The lowest BCUT2D eigenvalue weighted by Gasteiger charge is -2.08. The van der Waals surface area contributed by atoms with E-state index in [9.17, 15) is 4.79 Å². The zero-order valence-electron chi connectivity index (χ0n) is 15.2. The molecule has 0 spiro atoms. The molecule has 6 heteroatoms. The number of aromatic amines is 1. The van der Waals surface area contributed by atoms with Gasteiger partial charge in [0, 0.05) is 16.3 Å². The van der Waals surface area contributed by atoms with Gasteiger partial charge < -0.3 is 15.0 Å². The molecule has 0 atom stereocenters. The third-order valence-electron chi connectivity index (χ3n) is 4.26. The van der Waals surface area contributed by atoms with Crippen LogP contribution in [-0.4, -0.2) is 22.5 Å². The number of fused-ring (bicyclic) bond motifs is 1. The van der Waals surface area contributed by atoms with E-state index in [1.165, 1.54) is 0 Å². The highest BCUT2D eigenvalue weighted by Gasteiger charge is 2.08. The fourth-order valence-electron chi connectivity index (χ4n) is 2.83. The molecule has 1 heterocycles. The number of hydrogen-bond acceptors (Lipinski definition) is 3. The highest BCUT2D eigenvalue weighted by atomic mass is 35.5. The van der Waals surface area contributed by atoms with Gasteiger partial charge in [-0.2, -0.15) is 0 Å². The minimum atomic E-state index is -0.215. The van der Waals surface area contributed by atoms with Gasteiger partial charge in [0.1, 0.15) is 11.6 Å². The summed E-state index contributed by atoms with van der Waals surface area (Å²) in [5, 5.41) is 3.47. The highest BCUT2D eigenvalue weighted by Crippen LogP contribution is 2.25. The van der Waals surface area contributed by atoms with Crippen molar-refractivity contribution < 1.29 is 9.53 Å². The summed E-state index contributed by atoms with van der Waals surface area (Å²) in [6, 6.07) is 20.6. The zero-order chi connectivity index (χ0) is 19.5. The Morgan fingerprint density at radius 2 is 1.93 bits per heavy atom. The molecule has 2 N–H and O–H groups in total. The third-order valence-corrected chi connectivity index (χ3v) is 4.49. The molecule has 5 nitrogen and oxygen atoms in total. The molecule has 0 saturated carbocycles. The second-order valence-electron chi connectivity index (χ2n) is 6.48. The van der Waals surface area contributed by atoms with Crippen LogP contribution in [0.5, 0.6) is 5.75 Å². The lowest BCUT2D eigenvalue weighted by Crippen LogP contribution is -2.20. The first-order valence-corrected chi connectivity index (χ1v) is 9.20. The van der Waals surface area contributed by atoms with Crippen molar-refractivity contribution in [1.82, 2.24) is 9.97 Å². The van der Waals surface area contributed by atoms with Gasteiger partial charge in [-0.1, -0.05) is 41.4 Å². The summed E-state index contributed by atoms with van der Waals surface area (Å²) in [4.78, 5) is 19.9. The van der Waals surface area contributed by atoms with Crippen molar-refractivity contribution in [3.63, 3.8) is 0 Å². The fraction of sp³-hybridized carbons (Fsp3) is 0.0909. The van der Waals surface area contributed by atoms with Crippen molar-refractivity contribution in [2.75, 3.05) is 11.9 Å². The average molecular weight is 392 g/mol. The van der Waals surface area contributed by atoms with Gasteiger partial charge in [0.25, 0.3) is 5.91 Å². The Morgan fingerprint density at radius 3 is 2.75 bits per heavy atom. The lowest BCUT2D eigenvalue weighted by atomic mass is 10.2. The van der Waals surface area contributed by atoms with E-state index in [-0.39, 0.29) is 12.5 Å². The lowest BCUT2D eigenvalue weighted by molar-refractivity contribution is -0.118. The molecular formula is C22H18ClN3O2. The smallest absolute Gasteiger partial charge is 0.262 e. The Labute approximate surface area is 167 Å². The number of nitrogens with one attached hydrogen (secondary N) is 2. The third kappa shape index (κ3) is 4.15. The predicted octanol–water partition coefficient (Wildman–Crippen LogP) is 5.21. The summed E-state index contributed by atoms with van der Waals surface area (Å²) >= 11 is 6.03. The van der Waals surface area contributed by atoms with Crippen molar-refractivity contribution in [3.8, 4) is 17.1 Å². The van der Waals surface area contributed by atoms with Crippen molar-refractivity contribution in [1.29, 1.82) is 0 Å². The number of rotatable bonds is 5. The summed E-state index contributed by atoms with van der Waals surface area (Å²) in [5.41, 5.74) is 4.45. The predicted molar refractivity (Wildman–Crippen MR) is 112 cm³/mol. The van der Waals surface area contributed by atoms with Crippen LogP contribution < -0.4 is 10.1 Å². The number of carbonyl (C=O) groups is 1. The molecule has 3 aromatic carbocycles. The summed E-state index contributed by atoms with van der Waals surface area (Å²) in [6.45, 7) is 1.92. The summed E-state index contributed by atoms with van der Waals surface area (Å²) < 4.78 is 5.64. The number of imidazole rings is 1. The van der Waals surface area contributed by atoms with Gasteiger partial charge in [-0.05, 0) is 49.4 Å². The molecular weight excluding hydrogens is 374 g/mol. The molecule has 0 bridgehead atoms. The Morgan fingerprint density at radius 1 is 1.11 bits per heavy atom. The molecule has 0 fully saturated rings. The van der Waals surface area contributed by atoms with E-state index >= 15 is 0 Å². The number of hydrogen-bond donors (Lipinski definition) is 2. The first-order valence-electron chi connectivity index (χ1n) is 8.82. The standard InChI is InChI=1S/C22H18ClN3O2/c1-14-5-8-17(9-6-14)24-21(27)13-28-18-4-2-3-15(11-18)22-25-19-10-7-16(23)12-20(19)26-22/h2-12H,13H2,1H3,(H,24,27)(H,25,26). The molecule has 0 aliphatic carbocycles. The maximum absolute atomic E-state index is 12.1. The maximum atomic E-state index is 12.1. The summed E-state index contributed by atoms with van der Waals surface area (Å²) in [6.07, 6.45) is 0. The van der Waals surface area contributed by atoms with E-state index in [1.807, 2.05) is 67.6 Å². The van der Waals surface area contributed by atoms with Crippen LogP contribution in [-0.2, 0) is 4.79 Å². The fourth-order valence-corrected chi connectivity index (χ4v) is 3.01. The number of aromatic nitrogens is 2. The molecule has 1 aromatic heterocycles. The van der Waals surface area contributed by atoms with Gasteiger partial charge in [0.05, 0.1) is 11.0 Å². The van der Waals surface area contributed by atoms with Crippen LogP contribution in [0.1, 0.15) is 5.56 Å². The largest absolute Gasteiger partial charge is 0.484 e.